The predicted molar refractivity (Wildman–Crippen MR) is 81.6 cm³/mol. The van der Waals surface area contributed by atoms with Crippen molar-refractivity contribution in [3.05, 3.63) is 48.3 Å². The zero-order valence-corrected chi connectivity index (χ0v) is 11.5. The van der Waals surface area contributed by atoms with Crippen molar-refractivity contribution in [1.82, 2.24) is 4.98 Å². The summed E-state index contributed by atoms with van der Waals surface area (Å²) in [6.07, 6.45) is 3.72. The summed E-state index contributed by atoms with van der Waals surface area (Å²) in [5.41, 5.74) is 8.13. The fraction of sp³-hybridized carbons (Fsp3) is 0.0769. The maximum absolute atomic E-state index is 5.66. The van der Waals surface area contributed by atoms with Crippen LogP contribution in [0.3, 0.4) is 0 Å². The SMILES string of the molecule is CSc1ccccc1Nc1cccnc1C(N)=S. The van der Waals surface area contributed by atoms with Crippen LogP contribution < -0.4 is 11.1 Å². The van der Waals surface area contributed by atoms with Gasteiger partial charge in [-0.2, -0.15) is 0 Å². The number of benzene rings is 1. The summed E-state index contributed by atoms with van der Waals surface area (Å²) in [6, 6.07) is 11.8. The minimum Gasteiger partial charge on any atom is -0.388 e. The zero-order valence-electron chi connectivity index (χ0n) is 9.88. The molecule has 0 bridgehead atoms. The van der Waals surface area contributed by atoms with Crippen molar-refractivity contribution < 1.29 is 0 Å². The second-order valence-electron chi connectivity index (χ2n) is 3.59. The topological polar surface area (TPSA) is 50.9 Å². The van der Waals surface area contributed by atoms with Gasteiger partial charge < -0.3 is 11.1 Å². The molecule has 1 aromatic carbocycles. The first-order chi connectivity index (χ1) is 8.72. The number of aromatic nitrogens is 1. The van der Waals surface area contributed by atoms with Crippen LogP contribution in [-0.2, 0) is 0 Å². The highest BCUT2D eigenvalue weighted by Crippen LogP contribution is 2.28. The molecule has 0 aliphatic heterocycles. The molecule has 0 unspecified atom stereocenters. The Morgan fingerprint density at radius 1 is 1.22 bits per heavy atom. The van der Waals surface area contributed by atoms with Crippen molar-refractivity contribution in [2.45, 2.75) is 4.90 Å². The molecule has 2 rings (SSSR count). The van der Waals surface area contributed by atoms with Gasteiger partial charge in [0.05, 0.1) is 11.4 Å². The molecule has 0 amide bonds. The first-order valence-electron chi connectivity index (χ1n) is 5.37. The molecule has 2 aromatic rings. The average Bonchev–Trinajstić information content (AvgIpc) is 2.40. The molecular weight excluding hydrogens is 262 g/mol. The molecule has 3 nitrogen and oxygen atoms in total. The number of thiocarbonyl (C=S) groups is 1. The van der Waals surface area contributed by atoms with E-state index in [2.05, 4.69) is 16.4 Å². The summed E-state index contributed by atoms with van der Waals surface area (Å²) in [4.78, 5) is 5.65. The minimum atomic E-state index is 0.291. The number of hydrogen-bond acceptors (Lipinski definition) is 4. The standard InChI is InChI=1S/C13H13N3S2/c1-18-11-7-3-2-5-9(11)16-10-6-4-8-15-12(10)13(14)17/h2-8,16H,1H3,(H2,14,17). The Bertz CT molecular complexity index is 570. The fourth-order valence-corrected chi connectivity index (χ4v) is 2.31. The number of thioether (sulfide) groups is 1. The number of rotatable bonds is 4. The molecule has 0 spiro atoms. The highest BCUT2D eigenvalue weighted by atomic mass is 32.2. The molecule has 0 aliphatic rings. The third kappa shape index (κ3) is 2.80. The van der Waals surface area contributed by atoms with Crippen LogP contribution in [0.1, 0.15) is 5.69 Å². The van der Waals surface area contributed by atoms with Gasteiger partial charge in [0.25, 0.3) is 0 Å². The van der Waals surface area contributed by atoms with Crippen LogP contribution in [0.25, 0.3) is 0 Å². The van der Waals surface area contributed by atoms with Crippen molar-refractivity contribution in [1.29, 1.82) is 0 Å². The number of hydrogen-bond donors (Lipinski definition) is 2. The van der Waals surface area contributed by atoms with Crippen molar-refractivity contribution in [2.75, 3.05) is 11.6 Å². The summed E-state index contributed by atoms with van der Waals surface area (Å²) in [7, 11) is 0. The van der Waals surface area contributed by atoms with E-state index in [-0.39, 0.29) is 0 Å². The fourth-order valence-electron chi connectivity index (χ4n) is 1.60. The van der Waals surface area contributed by atoms with E-state index < -0.39 is 0 Å². The summed E-state index contributed by atoms with van der Waals surface area (Å²) < 4.78 is 0. The lowest BCUT2D eigenvalue weighted by Crippen LogP contribution is -2.13. The lowest BCUT2D eigenvalue weighted by Gasteiger charge is -2.12. The van der Waals surface area contributed by atoms with Crippen LogP contribution in [0, 0.1) is 0 Å². The number of nitrogens with two attached hydrogens (primary N) is 1. The van der Waals surface area contributed by atoms with Crippen molar-refractivity contribution in [3.8, 4) is 0 Å². The van der Waals surface area contributed by atoms with E-state index in [0.29, 0.717) is 10.7 Å². The quantitative estimate of drug-likeness (QED) is 0.663. The monoisotopic (exact) mass is 275 g/mol. The molecule has 92 valence electrons. The third-order valence-electron chi connectivity index (χ3n) is 2.42. The molecule has 5 heteroatoms. The van der Waals surface area contributed by atoms with Crippen LogP contribution in [-0.4, -0.2) is 16.2 Å². The smallest absolute Gasteiger partial charge is 0.124 e. The van der Waals surface area contributed by atoms with Crippen molar-refractivity contribution >= 4 is 40.3 Å². The lowest BCUT2D eigenvalue weighted by atomic mass is 10.2. The Morgan fingerprint density at radius 2 is 1.94 bits per heavy atom. The molecule has 3 N–H and O–H groups in total. The largest absolute Gasteiger partial charge is 0.388 e. The third-order valence-corrected chi connectivity index (χ3v) is 3.41. The molecular formula is C13H13N3S2. The zero-order chi connectivity index (χ0) is 13.0. The van der Waals surface area contributed by atoms with Gasteiger partial charge in [0.2, 0.25) is 0 Å². The highest BCUT2D eigenvalue weighted by molar-refractivity contribution is 7.98. The molecule has 1 aromatic heterocycles. The van der Waals surface area contributed by atoms with Gasteiger partial charge in [-0.05, 0) is 30.5 Å². The Morgan fingerprint density at radius 3 is 2.67 bits per heavy atom. The summed E-state index contributed by atoms with van der Waals surface area (Å²) >= 11 is 6.68. The Labute approximate surface area is 116 Å². The molecule has 1 heterocycles. The van der Waals surface area contributed by atoms with Crippen LogP contribution >= 0.6 is 24.0 Å². The maximum Gasteiger partial charge on any atom is 0.124 e. The lowest BCUT2D eigenvalue weighted by molar-refractivity contribution is 1.28. The number of anilines is 2. The molecule has 0 atom stereocenters. The molecule has 0 saturated heterocycles. The Balaban J connectivity index is 2.37. The van der Waals surface area contributed by atoms with Crippen molar-refractivity contribution in [3.63, 3.8) is 0 Å². The summed E-state index contributed by atoms with van der Waals surface area (Å²) in [5, 5.41) is 3.32. The molecule has 0 fully saturated rings. The molecule has 0 aliphatic carbocycles. The van der Waals surface area contributed by atoms with Gasteiger partial charge in [-0.1, -0.05) is 24.4 Å². The second-order valence-corrected chi connectivity index (χ2v) is 4.88. The number of nitrogens with one attached hydrogen (secondary N) is 1. The van der Waals surface area contributed by atoms with Crippen LogP contribution in [0.2, 0.25) is 0 Å². The van der Waals surface area contributed by atoms with E-state index in [0.717, 1.165) is 16.3 Å². The van der Waals surface area contributed by atoms with Crippen LogP contribution in [0.15, 0.2) is 47.5 Å². The van der Waals surface area contributed by atoms with Gasteiger partial charge in [-0.15, -0.1) is 11.8 Å². The van der Waals surface area contributed by atoms with E-state index >= 15 is 0 Å². The van der Waals surface area contributed by atoms with Gasteiger partial charge in [-0.3, -0.25) is 4.98 Å². The first-order valence-corrected chi connectivity index (χ1v) is 7.00. The number of para-hydroxylation sites is 1. The summed E-state index contributed by atoms with van der Waals surface area (Å²) in [6.45, 7) is 0. The minimum absolute atomic E-state index is 0.291. The molecule has 0 radical (unpaired) electrons. The van der Waals surface area contributed by atoms with Crippen LogP contribution in [0.4, 0.5) is 11.4 Å². The Hall–Kier alpha value is -1.59. The number of pyridine rings is 1. The predicted octanol–water partition coefficient (Wildman–Crippen LogP) is 3.18. The van der Waals surface area contributed by atoms with Gasteiger partial charge in [-0.25, -0.2) is 0 Å². The molecule has 0 saturated carbocycles. The van der Waals surface area contributed by atoms with Gasteiger partial charge >= 0.3 is 0 Å². The van der Waals surface area contributed by atoms with Gasteiger partial charge in [0, 0.05) is 11.1 Å². The first kappa shape index (κ1) is 12.9. The molecule has 18 heavy (non-hydrogen) atoms. The van der Waals surface area contributed by atoms with E-state index in [1.165, 1.54) is 0 Å². The maximum atomic E-state index is 5.66. The Kier molecular flexibility index (Phi) is 4.17. The van der Waals surface area contributed by atoms with E-state index in [1.807, 2.05) is 36.6 Å². The average molecular weight is 275 g/mol. The van der Waals surface area contributed by atoms with E-state index in [9.17, 15) is 0 Å². The van der Waals surface area contributed by atoms with Crippen LogP contribution in [0.5, 0.6) is 0 Å². The normalized spacial score (nSPS) is 10.1. The van der Waals surface area contributed by atoms with E-state index in [1.54, 1.807) is 18.0 Å². The van der Waals surface area contributed by atoms with Gasteiger partial charge in [0.1, 0.15) is 10.7 Å². The van der Waals surface area contributed by atoms with Crippen molar-refractivity contribution in [2.24, 2.45) is 5.73 Å². The van der Waals surface area contributed by atoms with E-state index in [4.69, 9.17) is 18.0 Å². The second kappa shape index (κ2) is 5.84. The number of nitrogens with zero attached hydrogens (tertiary/aromatic N) is 1. The highest BCUT2D eigenvalue weighted by Gasteiger charge is 2.07. The summed E-state index contributed by atoms with van der Waals surface area (Å²) in [5.74, 6) is 0. The van der Waals surface area contributed by atoms with Gasteiger partial charge in [0.15, 0.2) is 0 Å².